The lowest BCUT2D eigenvalue weighted by molar-refractivity contribution is -0.186. The number of rotatable bonds is 6. The summed E-state index contributed by atoms with van der Waals surface area (Å²) in [6.07, 6.45) is 8.96. The second-order valence-corrected chi connectivity index (χ2v) is 5.87. The molecule has 0 aromatic carbocycles. The maximum atomic E-state index is 11.6. The molecule has 0 radical (unpaired) electrons. The van der Waals surface area contributed by atoms with Crippen molar-refractivity contribution in [1.82, 2.24) is 0 Å². The van der Waals surface area contributed by atoms with Gasteiger partial charge in [0.05, 0.1) is 20.3 Å². The number of allylic oxidation sites excluding steroid dienone is 4. The van der Waals surface area contributed by atoms with Gasteiger partial charge in [0.25, 0.3) is 0 Å². The summed E-state index contributed by atoms with van der Waals surface area (Å²) in [6, 6.07) is 0. The normalized spacial score (nSPS) is 27.6. The van der Waals surface area contributed by atoms with Gasteiger partial charge in [-0.3, -0.25) is 9.59 Å². The molecule has 5 nitrogen and oxygen atoms in total. The standard InChI is InChI=1S/C17H24O5/c1-13(4-3-9-18)5-6-15-14(12-16(19)20-2)7-8-17(15)21-10-11-22-17/h3-5,9,14-15H,6-8,10-12H2,1-2H3/b4-3+,13-5+/t14-,15-/m1/s1. The van der Waals surface area contributed by atoms with E-state index in [0.717, 1.165) is 31.1 Å². The summed E-state index contributed by atoms with van der Waals surface area (Å²) < 4.78 is 16.6. The summed E-state index contributed by atoms with van der Waals surface area (Å²) in [5, 5.41) is 0. The van der Waals surface area contributed by atoms with E-state index in [9.17, 15) is 9.59 Å². The van der Waals surface area contributed by atoms with Crippen molar-refractivity contribution in [2.75, 3.05) is 20.3 Å². The number of aldehydes is 1. The lowest BCUT2D eigenvalue weighted by Crippen LogP contribution is -2.37. The highest BCUT2D eigenvalue weighted by atomic mass is 16.7. The quantitative estimate of drug-likeness (QED) is 0.326. The number of esters is 1. The lowest BCUT2D eigenvalue weighted by Gasteiger charge is -2.31. The van der Waals surface area contributed by atoms with E-state index < -0.39 is 5.79 Å². The van der Waals surface area contributed by atoms with Gasteiger partial charge in [-0.25, -0.2) is 0 Å². The second kappa shape index (κ2) is 7.70. The van der Waals surface area contributed by atoms with Crippen molar-refractivity contribution in [1.29, 1.82) is 0 Å². The Morgan fingerprint density at radius 3 is 2.73 bits per heavy atom. The van der Waals surface area contributed by atoms with Crippen LogP contribution in [0.1, 0.15) is 32.6 Å². The molecule has 122 valence electrons. The topological polar surface area (TPSA) is 61.8 Å². The summed E-state index contributed by atoms with van der Waals surface area (Å²) in [5.41, 5.74) is 1.02. The van der Waals surface area contributed by atoms with E-state index in [4.69, 9.17) is 14.2 Å². The van der Waals surface area contributed by atoms with Crippen molar-refractivity contribution in [2.24, 2.45) is 11.8 Å². The molecule has 22 heavy (non-hydrogen) atoms. The fourth-order valence-electron chi connectivity index (χ4n) is 3.45. The molecular weight excluding hydrogens is 284 g/mol. The molecule has 1 saturated heterocycles. The van der Waals surface area contributed by atoms with Crippen LogP contribution in [0.25, 0.3) is 0 Å². The Kier molecular flexibility index (Phi) is 5.91. The molecule has 1 aliphatic carbocycles. The first-order chi connectivity index (χ1) is 10.6. The first-order valence-corrected chi connectivity index (χ1v) is 7.74. The van der Waals surface area contributed by atoms with Crippen LogP contribution in [0.4, 0.5) is 0 Å². The van der Waals surface area contributed by atoms with Gasteiger partial charge in [-0.2, -0.15) is 0 Å². The Bertz CT molecular complexity index is 460. The Labute approximate surface area is 131 Å². The van der Waals surface area contributed by atoms with E-state index in [1.165, 1.54) is 13.2 Å². The molecule has 0 unspecified atom stereocenters. The summed E-state index contributed by atoms with van der Waals surface area (Å²) in [5.74, 6) is -0.408. The number of hydrogen-bond acceptors (Lipinski definition) is 5. The molecule has 1 spiro atoms. The molecule has 1 aliphatic heterocycles. The fraction of sp³-hybridized carbons (Fsp3) is 0.647. The zero-order valence-electron chi connectivity index (χ0n) is 13.2. The van der Waals surface area contributed by atoms with Gasteiger partial charge in [-0.05, 0) is 31.8 Å². The molecule has 2 aliphatic rings. The van der Waals surface area contributed by atoms with Crippen LogP contribution in [0.2, 0.25) is 0 Å². The van der Waals surface area contributed by atoms with Crippen molar-refractivity contribution in [3.63, 3.8) is 0 Å². The highest BCUT2D eigenvalue weighted by molar-refractivity contribution is 5.69. The summed E-state index contributed by atoms with van der Waals surface area (Å²) in [7, 11) is 1.42. The van der Waals surface area contributed by atoms with Gasteiger partial charge in [0.1, 0.15) is 6.29 Å². The van der Waals surface area contributed by atoms with E-state index in [-0.39, 0.29) is 17.8 Å². The Hall–Kier alpha value is -1.46. The first kappa shape index (κ1) is 16.9. The third-order valence-electron chi connectivity index (χ3n) is 4.56. The molecule has 0 bridgehead atoms. The van der Waals surface area contributed by atoms with E-state index in [0.29, 0.717) is 19.6 Å². The van der Waals surface area contributed by atoms with Gasteiger partial charge >= 0.3 is 5.97 Å². The lowest BCUT2D eigenvalue weighted by atomic mass is 9.86. The van der Waals surface area contributed by atoms with Gasteiger partial charge in [-0.15, -0.1) is 0 Å². The molecule has 5 heteroatoms. The van der Waals surface area contributed by atoms with E-state index in [2.05, 4.69) is 6.08 Å². The smallest absolute Gasteiger partial charge is 0.305 e. The molecule has 2 rings (SSSR count). The van der Waals surface area contributed by atoms with Crippen molar-refractivity contribution < 1.29 is 23.8 Å². The molecule has 1 saturated carbocycles. The van der Waals surface area contributed by atoms with E-state index in [1.54, 1.807) is 6.08 Å². The van der Waals surface area contributed by atoms with Crippen molar-refractivity contribution >= 4 is 12.3 Å². The highest BCUT2D eigenvalue weighted by Gasteiger charge is 2.52. The zero-order chi connectivity index (χ0) is 16.0. The van der Waals surface area contributed by atoms with Gasteiger partial charge in [0.15, 0.2) is 5.79 Å². The molecule has 0 aromatic heterocycles. The van der Waals surface area contributed by atoms with Gasteiger partial charge < -0.3 is 14.2 Å². The third-order valence-corrected chi connectivity index (χ3v) is 4.56. The van der Waals surface area contributed by atoms with Crippen LogP contribution in [0, 0.1) is 11.8 Å². The van der Waals surface area contributed by atoms with Crippen LogP contribution in [0.15, 0.2) is 23.8 Å². The summed E-state index contributed by atoms with van der Waals surface area (Å²) in [4.78, 5) is 22.0. The van der Waals surface area contributed by atoms with Gasteiger partial charge in [-0.1, -0.05) is 17.7 Å². The monoisotopic (exact) mass is 308 g/mol. The average Bonchev–Trinajstić information content (AvgIpc) is 3.12. The molecule has 1 heterocycles. The maximum absolute atomic E-state index is 11.6. The van der Waals surface area contributed by atoms with Crippen LogP contribution < -0.4 is 0 Å². The molecular formula is C17H24O5. The maximum Gasteiger partial charge on any atom is 0.305 e. The fourth-order valence-corrected chi connectivity index (χ4v) is 3.45. The zero-order valence-corrected chi connectivity index (χ0v) is 13.2. The molecule has 2 atom stereocenters. The molecule has 0 N–H and O–H groups in total. The number of methoxy groups -OCH3 is 1. The van der Waals surface area contributed by atoms with Crippen LogP contribution in [-0.4, -0.2) is 38.4 Å². The van der Waals surface area contributed by atoms with Crippen molar-refractivity contribution in [3.05, 3.63) is 23.8 Å². The third kappa shape index (κ3) is 3.84. The predicted octanol–water partition coefficient (Wildman–Crippen LogP) is 2.41. The number of carbonyl (C=O) groups excluding carboxylic acids is 2. The van der Waals surface area contributed by atoms with E-state index in [1.807, 2.05) is 6.92 Å². The minimum absolute atomic E-state index is 0.133. The Morgan fingerprint density at radius 2 is 2.09 bits per heavy atom. The molecule has 0 aromatic rings. The largest absolute Gasteiger partial charge is 0.469 e. The molecule has 0 amide bonds. The first-order valence-electron chi connectivity index (χ1n) is 7.74. The number of hydrogen-bond donors (Lipinski definition) is 0. The molecule has 2 fully saturated rings. The highest BCUT2D eigenvalue weighted by Crippen LogP contribution is 2.49. The Balaban J connectivity index is 2.10. The average molecular weight is 308 g/mol. The van der Waals surface area contributed by atoms with Gasteiger partial charge in [0, 0.05) is 18.8 Å². The summed E-state index contributed by atoms with van der Waals surface area (Å²) >= 11 is 0. The summed E-state index contributed by atoms with van der Waals surface area (Å²) in [6.45, 7) is 3.16. The SMILES string of the molecule is COC(=O)C[C@H]1CCC2(OCCO2)[C@@H]1C/C=C(C)/C=C/C=O. The van der Waals surface area contributed by atoms with Crippen molar-refractivity contribution in [3.8, 4) is 0 Å². The van der Waals surface area contributed by atoms with Crippen LogP contribution in [0.5, 0.6) is 0 Å². The minimum Gasteiger partial charge on any atom is -0.469 e. The van der Waals surface area contributed by atoms with Crippen LogP contribution in [-0.2, 0) is 23.8 Å². The van der Waals surface area contributed by atoms with E-state index >= 15 is 0 Å². The Morgan fingerprint density at radius 1 is 1.36 bits per heavy atom. The van der Waals surface area contributed by atoms with Crippen LogP contribution >= 0.6 is 0 Å². The number of carbonyl (C=O) groups is 2. The van der Waals surface area contributed by atoms with Gasteiger partial charge in [0.2, 0.25) is 0 Å². The predicted molar refractivity (Wildman–Crippen MR) is 81.1 cm³/mol. The number of ether oxygens (including phenoxy) is 3. The second-order valence-electron chi connectivity index (χ2n) is 5.87. The minimum atomic E-state index is -0.552. The van der Waals surface area contributed by atoms with Crippen LogP contribution in [0.3, 0.4) is 0 Å². The van der Waals surface area contributed by atoms with Crippen molar-refractivity contribution in [2.45, 2.75) is 38.4 Å².